The van der Waals surface area contributed by atoms with Crippen molar-refractivity contribution >= 4 is 0 Å². The first-order chi connectivity index (χ1) is 9.81. The van der Waals surface area contributed by atoms with Gasteiger partial charge in [-0.2, -0.15) is 0 Å². The van der Waals surface area contributed by atoms with E-state index in [0.717, 1.165) is 26.2 Å². The van der Waals surface area contributed by atoms with Crippen molar-refractivity contribution in [3.63, 3.8) is 0 Å². The van der Waals surface area contributed by atoms with Crippen molar-refractivity contribution in [1.82, 2.24) is 15.2 Å². The van der Waals surface area contributed by atoms with Gasteiger partial charge in [0.15, 0.2) is 0 Å². The Kier molecular flexibility index (Phi) is 6.43. The number of hydrogen-bond donors (Lipinski definition) is 1. The molecule has 0 saturated carbocycles. The molecule has 2 heterocycles. The number of nitrogens with one attached hydrogen (secondary N) is 1. The second-order valence-corrected chi connectivity index (χ2v) is 5.58. The minimum Gasteiger partial charge on any atom is -0.383 e. The summed E-state index contributed by atoms with van der Waals surface area (Å²) in [5.74, 6) is 0. The van der Waals surface area contributed by atoms with E-state index in [9.17, 15) is 0 Å². The standard InChI is InChI=1S/C16H27N3O/c1-14-6-5-8-18-16(14)13-19-10-4-3-7-15(19)12-17-9-11-20-2/h5-6,8,15,17H,3-4,7,9-13H2,1-2H3. The van der Waals surface area contributed by atoms with Crippen LogP contribution >= 0.6 is 0 Å². The highest BCUT2D eigenvalue weighted by molar-refractivity contribution is 5.17. The fourth-order valence-corrected chi connectivity index (χ4v) is 2.82. The van der Waals surface area contributed by atoms with Crippen molar-refractivity contribution < 1.29 is 4.74 Å². The van der Waals surface area contributed by atoms with Crippen molar-refractivity contribution in [3.8, 4) is 0 Å². The molecule has 1 fully saturated rings. The summed E-state index contributed by atoms with van der Waals surface area (Å²) in [4.78, 5) is 7.12. The molecule has 112 valence electrons. The van der Waals surface area contributed by atoms with Crippen LogP contribution in [-0.2, 0) is 11.3 Å². The molecule has 1 aliphatic rings. The molecule has 4 heteroatoms. The Labute approximate surface area is 122 Å². The Morgan fingerprint density at radius 1 is 1.45 bits per heavy atom. The maximum Gasteiger partial charge on any atom is 0.0587 e. The number of rotatable bonds is 7. The molecule has 0 amide bonds. The smallest absolute Gasteiger partial charge is 0.0587 e. The molecule has 20 heavy (non-hydrogen) atoms. The van der Waals surface area contributed by atoms with Crippen LogP contribution in [0.4, 0.5) is 0 Å². The fraction of sp³-hybridized carbons (Fsp3) is 0.688. The van der Waals surface area contributed by atoms with E-state index >= 15 is 0 Å². The van der Waals surface area contributed by atoms with Crippen LogP contribution in [0.2, 0.25) is 0 Å². The van der Waals surface area contributed by atoms with Gasteiger partial charge in [-0.05, 0) is 37.9 Å². The zero-order chi connectivity index (χ0) is 14.2. The van der Waals surface area contributed by atoms with E-state index in [-0.39, 0.29) is 0 Å². The molecule has 0 spiro atoms. The number of ether oxygens (including phenoxy) is 1. The average Bonchev–Trinajstić information content (AvgIpc) is 2.47. The van der Waals surface area contributed by atoms with E-state index in [0.29, 0.717) is 6.04 Å². The van der Waals surface area contributed by atoms with Crippen molar-refractivity contribution in [2.45, 2.75) is 38.8 Å². The lowest BCUT2D eigenvalue weighted by Gasteiger charge is -2.36. The maximum absolute atomic E-state index is 5.08. The molecule has 2 rings (SSSR count). The largest absolute Gasteiger partial charge is 0.383 e. The molecule has 1 saturated heterocycles. The quantitative estimate of drug-likeness (QED) is 0.773. The van der Waals surface area contributed by atoms with Gasteiger partial charge in [0.05, 0.1) is 12.3 Å². The van der Waals surface area contributed by atoms with Gasteiger partial charge in [-0.3, -0.25) is 9.88 Å². The number of hydrogen-bond acceptors (Lipinski definition) is 4. The van der Waals surface area contributed by atoms with Crippen LogP contribution in [0.1, 0.15) is 30.5 Å². The molecular weight excluding hydrogens is 250 g/mol. The first-order valence-electron chi connectivity index (χ1n) is 7.65. The Bertz CT molecular complexity index is 397. The summed E-state index contributed by atoms with van der Waals surface area (Å²) in [5, 5.41) is 3.50. The number of aryl methyl sites for hydroxylation is 1. The van der Waals surface area contributed by atoms with Crippen molar-refractivity contribution in [3.05, 3.63) is 29.6 Å². The summed E-state index contributed by atoms with van der Waals surface area (Å²) < 4.78 is 5.08. The van der Waals surface area contributed by atoms with Crippen molar-refractivity contribution in [2.24, 2.45) is 0 Å². The van der Waals surface area contributed by atoms with Crippen LogP contribution < -0.4 is 5.32 Å². The molecule has 0 bridgehead atoms. The lowest BCUT2D eigenvalue weighted by atomic mass is 10.0. The summed E-state index contributed by atoms with van der Waals surface area (Å²) in [5.41, 5.74) is 2.51. The Morgan fingerprint density at radius 2 is 2.35 bits per heavy atom. The molecule has 1 aromatic heterocycles. The molecule has 1 atom stereocenters. The number of likely N-dealkylation sites (tertiary alicyclic amines) is 1. The Hall–Kier alpha value is -0.970. The normalized spacial score (nSPS) is 20.2. The second kappa shape index (κ2) is 8.35. The van der Waals surface area contributed by atoms with Gasteiger partial charge >= 0.3 is 0 Å². The van der Waals surface area contributed by atoms with E-state index < -0.39 is 0 Å². The van der Waals surface area contributed by atoms with Gasteiger partial charge in [0.1, 0.15) is 0 Å². The monoisotopic (exact) mass is 277 g/mol. The SMILES string of the molecule is COCCNCC1CCCCN1Cc1ncccc1C. The van der Waals surface area contributed by atoms with E-state index in [1.165, 1.54) is 37.1 Å². The predicted molar refractivity (Wildman–Crippen MR) is 81.8 cm³/mol. The summed E-state index contributed by atoms with van der Waals surface area (Å²) in [7, 11) is 1.75. The van der Waals surface area contributed by atoms with E-state index in [1.807, 2.05) is 12.3 Å². The molecule has 1 unspecified atom stereocenters. The summed E-state index contributed by atoms with van der Waals surface area (Å²) >= 11 is 0. The molecule has 0 radical (unpaired) electrons. The predicted octanol–water partition coefficient (Wildman–Crippen LogP) is 1.98. The minimum absolute atomic E-state index is 0.627. The van der Waals surface area contributed by atoms with Gasteiger partial charge in [-0.15, -0.1) is 0 Å². The fourth-order valence-electron chi connectivity index (χ4n) is 2.82. The van der Waals surface area contributed by atoms with Gasteiger partial charge in [-0.1, -0.05) is 12.5 Å². The summed E-state index contributed by atoms with van der Waals surface area (Å²) in [6.07, 6.45) is 5.83. The van der Waals surface area contributed by atoms with Gasteiger partial charge in [0.2, 0.25) is 0 Å². The van der Waals surface area contributed by atoms with Crippen LogP contribution in [0.3, 0.4) is 0 Å². The highest BCUT2D eigenvalue weighted by Crippen LogP contribution is 2.19. The number of aromatic nitrogens is 1. The van der Waals surface area contributed by atoms with Gasteiger partial charge in [0.25, 0.3) is 0 Å². The van der Waals surface area contributed by atoms with E-state index in [2.05, 4.69) is 28.2 Å². The number of nitrogens with zero attached hydrogens (tertiary/aromatic N) is 2. The average molecular weight is 277 g/mol. The molecule has 1 N–H and O–H groups in total. The van der Waals surface area contributed by atoms with E-state index in [4.69, 9.17) is 4.74 Å². The second-order valence-electron chi connectivity index (χ2n) is 5.58. The lowest BCUT2D eigenvalue weighted by Crippen LogP contribution is -2.45. The summed E-state index contributed by atoms with van der Waals surface area (Å²) in [6.45, 7) is 7.08. The number of methoxy groups -OCH3 is 1. The first-order valence-corrected chi connectivity index (χ1v) is 7.65. The molecule has 1 aliphatic heterocycles. The molecule has 1 aromatic rings. The van der Waals surface area contributed by atoms with E-state index in [1.54, 1.807) is 7.11 Å². The van der Waals surface area contributed by atoms with Gasteiger partial charge in [0, 0.05) is 39.0 Å². The van der Waals surface area contributed by atoms with Gasteiger partial charge in [-0.25, -0.2) is 0 Å². The zero-order valence-corrected chi connectivity index (χ0v) is 12.8. The minimum atomic E-state index is 0.627. The third-order valence-corrected chi connectivity index (χ3v) is 4.08. The third kappa shape index (κ3) is 4.54. The van der Waals surface area contributed by atoms with Crippen LogP contribution in [-0.4, -0.2) is 49.3 Å². The first kappa shape index (κ1) is 15.4. The third-order valence-electron chi connectivity index (χ3n) is 4.08. The number of pyridine rings is 1. The topological polar surface area (TPSA) is 37.4 Å². The highest BCUT2D eigenvalue weighted by atomic mass is 16.5. The molecule has 0 aromatic carbocycles. The summed E-state index contributed by atoms with van der Waals surface area (Å²) in [6, 6.07) is 4.79. The van der Waals surface area contributed by atoms with Crippen molar-refractivity contribution in [1.29, 1.82) is 0 Å². The lowest BCUT2D eigenvalue weighted by molar-refractivity contribution is 0.131. The van der Waals surface area contributed by atoms with Crippen molar-refractivity contribution in [2.75, 3.05) is 33.4 Å². The zero-order valence-electron chi connectivity index (χ0n) is 12.8. The van der Waals surface area contributed by atoms with Gasteiger partial charge < -0.3 is 10.1 Å². The Morgan fingerprint density at radius 3 is 3.15 bits per heavy atom. The highest BCUT2D eigenvalue weighted by Gasteiger charge is 2.22. The van der Waals surface area contributed by atoms with Crippen LogP contribution in [0, 0.1) is 6.92 Å². The number of piperidine rings is 1. The molecule has 4 nitrogen and oxygen atoms in total. The van der Waals surface area contributed by atoms with Crippen LogP contribution in [0.5, 0.6) is 0 Å². The van der Waals surface area contributed by atoms with Crippen LogP contribution in [0.15, 0.2) is 18.3 Å². The molecule has 0 aliphatic carbocycles. The van der Waals surface area contributed by atoms with Crippen LogP contribution in [0.25, 0.3) is 0 Å². The maximum atomic E-state index is 5.08. The Balaban J connectivity index is 1.88. The molecular formula is C16H27N3O.